The van der Waals surface area contributed by atoms with E-state index in [1.165, 1.54) is 0 Å². The Hall–Kier alpha value is -2.39. The molecule has 0 bridgehead atoms. The third-order valence-electron chi connectivity index (χ3n) is 3.72. The van der Waals surface area contributed by atoms with Gasteiger partial charge in [0.1, 0.15) is 22.2 Å². The van der Waals surface area contributed by atoms with Crippen LogP contribution < -0.4 is 10.6 Å². The number of hydrogen-bond acceptors (Lipinski definition) is 9. The van der Waals surface area contributed by atoms with Gasteiger partial charge in [-0.05, 0) is 20.3 Å². The number of aliphatic imine (C=N–C) groups is 1. The van der Waals surface area contributed by atoms with Crippen molar-refractivity contribution in [1.29, 1.82) is 0 Å². The second-order valence-electron chi connectivity index (χ2n) is 5.63. The summed E-state index contributed by atoms with van der Waals surface area (Å²) in [5.41, 5.74) is 3.63. The first-order chi connectivity index (χ1) is 13.2. The van der Waals surface area contributed by atoms with Gasteiger partial charge in [0.2, 0.25) is 0 Å². The van der Waals surface area contributed by atoms with Crippen LogP contribution in [-0.4, -0.2) is 39.0 Å². The highest BCUT2D eigenvalue weighted by atomic mass is 32.1. The van der Waals surface area contributed by atoms with Gasteiger partial charge in [-0.1, -0.05) is 13.8 Å². The molecule has 4 rings (SSSR count). The maximum Gasteiger partial charge on any atom is 0.197 e. The number of aromatic nitrogens is 4. The van der Waals surface area contributed by atoms with Gasteiger partial charge in [-0.2, -0.15) is 0 Å². The van der Waals surface area contributed by atoms with Crippen LogP contribution in [0.2, 0.25) is 0 Å². The molecule has 9 heteroatoms. The van der Waals surface area contributed by atoms with Gasteiger partial charge in [0.15, 0.2) is 11.1 Å². The predicted molar refractivity (Wildman–Crippen MR) is 114 cm³/mol. The van der Waals surface area contributed by atoms with Crippen molar-refractivity contribution in [1.82, 2.24) is 25.3 Å². The number of aryl methyl sites for hydroxylation is 2. The number of guanidine groups is 1. The fraction of sp³-hybridized carbons (Fsp3) is 0.389. The Morgan fingerprint density at radius 3 is 2.56 bits per heavy atom. The number of thiazole rings is 2. The van der Waals surface area contributed by atoms with Gasteiger partial charge in [-0.3, -0.25) is 4.99 Å². The molecule has 0 atom stereocenters. The second kappa shape index (κ2) is 9.01. The standard InChI is InChI=1S/C16H17N7S2.C2H6/c1-9-11(6-19-10(2)20-9)14-21-12(7-24-14)13-8-25-16(22-13)23-15-17-4-3-5-18-15;1-2/h6-8H,3-5H2,1-2H3,(H2,17,18,22,23);1-2H3. The molecular weight excluding hydrogens is 378 g/mol. The smallest absolute Gasteiger partial charge is 0.197 e. The molecule has 0 unspecified atom stereocenters. The molecule has 2 N–H and O–H groups in total. The number of nitrogens with zero attached hydrogens (tertiary/aromatic N) is 5. The average molecular weight is 402 g/mol. The van der Waals surface area contributed by atoms with E-state index in [1.54, 1.807) is 22.7 Å². The van der Waals surface area contributed by atoms with Gasteiger partial charge < -0.3 is 10.6 Å². The summed E-state index contributed by atoms with van der Waals surface area (Å²) in [5, 5.41) is 12.2. The summed E-state index contributed by atoms with van der Waals surface area (Å²) >= 11 is 3.12. The normalized spacial score (nSPS) is 13.3. The summed E-state index contributed by atoms with van der Waals surface area (Å²) in [6, 6.07) is 0. The van der Waals surface area contributed by atoms with Crippen LogP contribution in [0.4, 0.5) is 5.13 Å². The first-order valence-electron chi connectivity index (χ1n) is 8.96. The number of anilines is 1. The molecule has 1 aliphatic heterocycles. The zero-order valence-electron chi connectivity index (χ0n) is 15.9. The van der Waals surface area contributed by atoms with Crippen molar-refractivity contribution >= 4 is 33.8 Å². The summed E-state index contributed by atoms with van der Waals surface area (Å²) in [7, 11) is 0. The molecule has 0 radical (unpaired) electrons. The van der Waals surface area contributed by atoms with Crippen LogP contribution in [0.25, 0.3) is 22.0 Å². The molecule has 0 amide bonds. The van der Waals surface area contributed by atoms with Gasteiger partial charge in [0.05, 0.1) is 11.3 Å². The average Bonchev–Trinajstić information content (AvgIpc) is 3.34. The summed E-state index contributed by atoms with van der Waals surface area (Å²) in [6.07, 6.45) is 2.90. The lowest BCUT2D eigenvalue weighted by Crippen LogP contribution is -2.35. The Balaban J connectivity index is 0.00000102. The Labute approximate surface area is 167 Å². The van der Waals surface area contributed by atoms with E-state index in [2.05, 4.69) is 30.6 Å². The third kappa shape index (κ3) is 4.67. The van der Waals surface area contributed by atoms with Crippen molar-refractivity contribution < 1.29 is 0 Å². The lowest BCUT2D eigenvalue weighted by Gasteiger charge is -2.13. The van der Waals surface area contributed by atoms with E-state index in [4.69, 9.17) is 4.98 Å². The highest BCUT2D eigenvalue weighted by Crippen LogP contribution is 2.31. The van der Waals surface area contributed by atoms with Gasteiger partial charge in [-0.25, -0.2) is 19.9 Å². The fourth-order valence-corrected chi connectivity index (χ4v) is 4.05. The Morgan fingerprint density at radius 2 is 1.81 bits per heavy atom. The van der Waals surface area contributed by atoms with Crippen LogP contribution >= 0.6 is 22.7 Å². The third-order valence-corrected chi connectivity index (χ3v) is 5.36. The van der Waals surface area contributed by atoms with Crippen LogP contribution in [0.3, 0.4) is 0 Å². The first kappa shape index (κ1) is 19.4. The van der Waals surface area contributed by atoms with Crippen molar-refractivity contribution in [2.24, 2.45) is 4.99 Å². The second-order valence-corrected chi connectivity index (χ2v) is 7.34. The molecule has 1 aliphatic rings. The summed E-state index contributed by atoms with van der Waals surface area (Å²) < 4.78 is 0. The monoisotopic (exact) mass is 401 g/mol. The van der Waals surface area contributed by atoms with Crippen LogP contribution in [0, 0.1) is 13.8 Å². The maximum absolute atomic E-state index is 4.71. The SMILES string of the molecule is CC.Cc1ncc(-c2nc(-c3csc(NC4=NCCCN4)n3)cs2)c(C)n1. The topological polar surface area (TPSA) is 88.0 Å². The van der Waals surface area contributed by atoms with Gasteiger partial charge >= 0.3 is 0 Å². The van der Waals surface area contributed by atoms with Gasteiger partial charge in [0.25, 0.3) is 0 Å². The minimum absolute atomic E-state index is 0.771. The predicted octanol–water partition coefficient (Wildman–Crippen LogP) is 4.13. The van der Waals surface area contributed by atoms with E-state index in [9.17, 15) is 0 Å². The maximum atomic E-state index is 4.71. The largest absolute Gasteiger partial charge is 0.356 e. The quantitative estimate of drug-likeness (QED) is 0.686. The molecule has 3 aromatic heterocycles. The lowest BCUT2D eigenvalue weighted by molar-refractivity contribution is 0.740. The zero-order chi connectivity index (χ0) is 19.2. The Bertz CT molecular complexity index is 929. The molecule has 0 aliphatic carbocycles. The van der Waals surface area contributed by atoms with E-state index in [0.717, 1.165) is 64.1 Å². The minimum atomic E-state index is 0.771. The molecule has 3 aromatic rings. The van der Waals surface area contributed by atoms with Crippen molar-refractivity contribution in [3.05, 3.63) is 28.5 Å². The Kier molecular flexibility index (Phi) is 6.46. The van der Waals surface area contributed by atoms with Crippen LogP contribution in [0.15, 0.2) is 21.9 Å². The molecule has 4 heterocycles. The molecule has 0 spiro atoms. The highest BCUT2D eigenvalue weighted by Gasteiger charge is 2.13. The van der Waals surface area contributed by atoms with E-state index in [1.807, 2.05) is 44.7 Å². The summed E-state index contributed by atoms with van der Waals surface area (Å²) in [5.74, 6) is 1.56. The van der Waals surface area contributed by atoms with Crippen molar-refractivity contribution in [2.45, 2.75) is 34.1 Å². The zero-order valence-corrected chi connectivity index (χ0v) is 17.5. The highest BCUT2D eigenvalue weighted by molar-refractivity contribution is 7.14. The Morgan fingerprint density at radius 1 is 1.04 bits per heavy atom. The van der Waals surface area contributed by atoms with E-state index in [0.29, 0.717) is 0 Å². The number of nitrogens with one attached hydrogen (secondary N) is 2. The van der Waals surface area contributed by atoms with Crippen LogP contribution in [0.5, 0.6) is 0 Å². The van der Waals surface area contributed by atoms with Crippen molar-refractivity contribution in [3.8, 4) is 22.0 Å². The lowest BCUT2D eigenvalue weighted by atomic mass is 10.2. The first-order valence-corrected chi connectivity index (χ1v) is 10.7. The molecule has 142 valence electrons. The summed E-state index contributed by atoms with van der Waals surface area (Å²) in [4.78, 5) is 22.4. The number of rotatable bonds is 3. The van der Waals surface area contributed by atoms with Crippen molar-refractivity contribution in [3.63, 3.8) is 0 Å². The van der Waals surface area contributed by atoms with E-state index in [-0.39, 0.29) is 0 Å². The summed E-state index contributed by atoms with van der Waals surface area (Å²) in [6.45, 7) is 9.66. The molecule has 7 nitrogen and oxygen atoms in total. The molecular formula is C18H23N7S2. The van der Waals surface area contributed by atoms with Gasteiger partial charge in [-0.15, -0.1) is 22.7 Å². The van der Waals surface area contributed by atoms with E-state index < -0.39 is 0 Å². The molecule has 0 saturated carbocycles. The molecule has 27 heavy (non-hydrogen) atoms. The van der Waals surface area contributed by atoms with Gasteiger partial charge in [0, 0.05) is 30.0 Å². The molecule has 0 aromatic carbocycles. The van der Waals surface area contributed by atoms with Crippen molar-refractivity contribution in [2.75, 3.05) is 18.4 Å². The minimum Gasteiger partial charge on any atom is -0.356 e. The molecule has 0 fully saturated rings. The molecule has 0 saturated heterocycles. The number of hydrogen-bond donors (Lipinski definition) is 2. The fourth-order valence-electron chi connectivity index (χ4n) is 2.47. The van der Waals surface area contributed by atoms with Crippen LogP contribution in [-0.2, 0) is 0 Å². The van der Waals surface area contributed by atoms with Crippen LogP contribution in [0.1, 0.15) is 31.8 Å². The van der Waals surface area contributed by atoms with E-state index >= 15 is 0 Å².